The number of nitrogens with zero attached hydrogens (tertiary/aromatic N) is 1. The van der Waals surface area contributed by atoms with E-state index in [4.69, 9.17) is 0 Å². The van der Waals surface area contributed by atoms with E-state index in [1.807, 2.05) is 0 Å². The third-order valence-corrected chi connectivity index (χ3v) is 3.66. The summed E-state index contributed by atoms with van der Waals surface area (Å²) in [6.07, 6.45) is 3.20. The lowest BCUT2D eigenvalue weighted by atomic mass is 9.93. The Morgan fingerprint density at radius 1 is 1.41 bits per heavy atom. The molecule has 2 rings (SSSR count). The molecule has 0 heterocycles. The van der Waals surface area contributed by atoms with Crippen molar-refractivity contribution in [2.24, 2.45) is 5.41 Å². The second kappa shape index (κ2) is 4.28. The van der Waals surface area contributed by atoms with Crippen molar-refractivity contribution in [1.82, 2.24) is 0 Å². The molecule has 0 amide bonds. The summed E-state index contributed by atoms with van der Waals surface area (Å²) in [7, 11) is 0. The third-order valence-electron chi connectivity index (χ3n) is 3.66. The van der Waals surface area contributed by atoms with E-state index in [2.05, 4.69) is 0 Å². The largest absolute Gasteiger partial charge is 0.299 e. The van der Waals surface area contributed by atoms with E-state index in [9.17, 15) is 14.9 Å². The Kier molecular flexibility index (Phi) is 2.96. The highest BCUT2D eigenvalue weighted by Gasteiger charge is 2.46. The average molecular weight is 233 g/mol. The van der Waals surface area contributed by atoms with Crippen LogP contribution in [0.4, 0.5) is 5.69 Å². The van der Waals surface area contributed by atoms with Gasteiger partial charge in [0.1, 0.15) is 5.78 Å². The molecule has 0 unspecified atom stereocenters. The maximum absolute atomic E-state index is 11.4. The molecular formula is C13H15NO3. The van der Waals surface area contributed by atoms with E-state index >= 15 is 0 Å². The van der Waals surface area contributed by atoms with Crippen LogP contribution in [0, 0.1) is 15.5 Å². The van der Waals surface area contributed by atoms with Crippen molar-refractivity contribution in [2.45, 2.75) is 32.6 Å². The molecule has 1 aliphatic carbocycles. The van der Waals surface area contributed by atoms with Gasteiger partial charge in [0.05, 0.1) is 4.92 Å². The Bertz CT molecular complexity index is 463. The zero-order valence-electron chi connectivity index (χ0n) is 9.81. The van der Waals surface area contributed by atoms with Crippen molar-refractivity contribution in [3.63, 3.8) is 0 Å². The third kappa shape index (κ3) is 2.35. The fourth-order valence-electron chi connectivity index (χ4n) is 2.20. The van der Waals surface area contributed by atoms with Crippen LogP contribution in [0.5, 0.6) is 0 Å². The summed E-state index contributed by atoms with van der Waals surface area (Å²) in [4.78, 5) is 21.9. The number of Topliss-reactive ketones (excluding diaryl/α,β-unsaturated/α-hetero) is 1. The number of rotatable bonds is 5. The first-order valence-corrected chi connectivity index (χ1v) is 5.78. The Hall–Kier alpha value is -1.71. The van der Waals surface area contributed by atoms with E-state index in [1.54, 1.807) is 25.1 Å². The molecule has 4 heteroatoms. The summed E-state index contributed by atoms with van der Waals surface area (Å²) < 4.78 is 0. The first-order chi connectivity index (χ1) is 8.05. The molecule has 1 aromatic carbocycles. The average Bonchev–Trinajstić information content (AvgIpc) is 3.07. The molecule has 1 aromatic rings. The lowest BCUT2D eigenvalue weighted by molar-refractivity contribution is -0.385. The summed E-state index contributed by atoms with van der Waals surface area (Å²) in [6.45, 7) is 1.62. The number of aryl methyl sites for hydroxylation is 1. The molecule has 1 saturated carbocycles. The topological polar surface area (TPSA) is 60.2 Å². The first-order valence-electron chi connectivity index (χ1n) is 5.78. The van der Waals surface area contributed by atoms with Crippen LogP contribution in [-0.4, -0.2) is 10.7 Å². The lowest BCUT2D eigenvalue weighted by Gasteiger charge is -2.10. The van der Waals surface area contributed by atoms with Gasteiger partial charge in [0.2, 0.25) is 0 Å². The maximum atomic E-state index is 11.4. The molecule has 4 nitrogen and oxygen atoms in total. The molecule has 0 aromatic heterocycles. The minimum atomic E-state index is -0.358. The molecule has 0 saturated heterocycles. The number of carbonyl (C=O) groups is 1. The van der Waals surface area contributed by atoms with Crippen LogP contribution in [0.25, 0.3) is 0 Å². The highest BCUT2D eigenvalue weighted by molar-refractivity contribution is 5.84. The van der Waals surface area contributed by atoms with Gasteiger partial charge in [0.15, 0.2) is 0 Å². The van der Waals surface area contributed by atoms with E-state index in [-0.39, 0.29) is 21.8 Å². The zero-order valence-corrected chi connectivity index (χ0v) is 9.81. The fourth-order valence-corrected chi connectivity index (χ4v) is 2.20. The van der Waals surface area contributed by atoms with Crippen molar-refractivity contribution in [3.05, 3.63) is 39.9 Å². The highest BCUT2D eigenvalue weighted by Crippen LogP contribution is 2.50. The summed E-state index contributed by atoms with van der Waals surface area (Å²) in [5.41, 5.74) is 0.709. The van der Waals surface area contributed by atoms with Crippen molar-refractivity contribution in [3.8, 4) is 0 Å². The van der Waals surface area contributed by atoms with Crippen molar-refractivity contribution in [1.29, 1.82) is 0 Å². The fraction of sp³-hybridized carbons (Fsp3) is 0.462. The van der Waals surface area contributed by atoms with Gasteiger partial charge in [-0.2, -0.15) is 0 Å². The predicted octanol–water partition coefficient (Wildman–Crippen LogP) is 2.90. The molecular weight excluding hydrogens is 218 g/mol. The smallest absolute Gasteiger partial charge is 0.272 e. The highest BCUT2D eigenvalue weighted by atomic mass is 16.6. The van der Waals surface area contributed by atoms with Crippen LogP contribution in [0.15, 0.2) is 24.3 Å². The SMILES string of the molecule is CC(=O)C1(CCc2ccccc2[N+](=O)[O-])CC1. The number of para-hydroxylation sites is 1. The lowest BCUT2D eigenvalue weighted by Crippen LogP contribution is -2.13. The van der Waals surface area contributed by atoms with Gasteiger partial charge in [-0.15, -0.1) is 0 Å². The number of ketones is 1. The molecule has 0 aliphatic heterocycles. The van der Waals surface area contributed by atoms with Crippen molar-refractivity contribution in [2.75, 3.05) is 0 Å². The second-order valence-electron chi connectivity index (χ2n) is 4.72. The minimum absolute atomic E-state index is 0.159. The van der Waals surface area contributed by atoms with Crippen LogP contribution >= 0.6 is 0 Å². The van der Waals surface area contributed by atoms with Gasteiger partial charge in [0, 0.05) is 17.0 Å². The van der Waals surface area contributed by atoms with Gasteiger partial charge in [-0.3, -0.25) is 14.9 Å². The molecule has 0 radical (unpaired) electrons. The molecule has 0 spiro atoms. The standard InChI is InChI=1S/C13H15NO3/c1-10(15)13(8-9-13)7-6-11-4-2-3-5-12(11)14(16)17/h2-5H,6-9H2,1H3. The number of benzene rings is 1. The van der Waals surface area contributed by atoms with Gasteiger partial charge in [0.25, 0.3) is 5.69 Å². The van der Waals surface area contributed by atoms with E-state index in [1.165, 1.54) is 6.07 Å². The number of nitro benzene ring substituents is 1. The molecule has 17 heavy (non-hydrogen) atoms. The van der Waals surface area contributed by atoms with Gasteiger partial charge < -0.3 is 0 Å². The van der Waals surface area contributed by atoms with Crippen LogP contribution in [0.1, 0.15) is 31.7 Å². The maximum Gasteiger partial charge on any atom is 0.272 e. The molecule has 1 fully saturated rings. The molecule has 0 bridgehead atoms. The summed E-state index contributed by atoms with van der Waals surface area (Å²) in [6, 6.07) is 6.76. The zero-order chi connectivity index (χ0) is 12.5. The van der Waals surface area contributed by atoms with Crippen LogP contribution in [0.2, 0.25) is 0 Å². The summed E-state index contributed by atoms with van der Waals surface area (Å²) in [5.74, 6) is 0.219. The van der Waals surface area contributed by atoms with Crippen LogP contribution in [0.3, 0.4) is 0 Å². The molecule has 90 valence electrons. The first kappa shape index (κ1) is 11.8. The Morgan fingerprint density at radius 3 is 2.59 bits per heavy atom. The Labute approximate surface area is 99.8 Å². The van der Waals surface area contributed by atoms with Gasteiger partial charge in [-0.05, 0) is 32.6 Å². The predicted molar refractivity (Wildman–Crippen MR) is 63.8 cm³/mol. The number of carbonyl (C=O) groups excluding carboxylic acids is 1. The minimum Gasteiger partial charge on any atom is -0.299 e. The number of hydrogen-bond acceptors (Lipinski definition) is 3. The quantitative estimate of drug-likeness (QED) is 0.580. The summed E-state index contributed by atoms with van der Waals surface area (Å²) >= 11 is 0. The van der Waals surface area contributed by atoms with Crippen molar-refractivity contribution < 1.29 is 9.72 Å². The van der Waals surface area contributed by atoms with E-state index in [0.29, 0.717) is 6.42 Å². The monoisotopic (exact) mass is 233 g/mol. The van der Waals surface area contributed by atoms with Crippen LogP contribution in [-0.2, 0) is 11.2 Å². The van der Waals surface area contributed by atoms with Gasteiger partial charge in [-0.1, -0.05) is 18.2 Å². The van der Waals surface area contributed by atoms with E-state index < -0.39 is 0 Å². The van der Waals surface area contributed by atoms with Crippen molar-refractivity contribution >= 4 is 11.5 Å². The van der Waals surface area contributed by atoms with E-state index in [0.717, 1.165) is 24.8 Å². The normalized spacial score (nSPS) is 16.5. The Balaban J connectivity index is 2.09. The molecule has 0 N–H and O–H groups in total. The van der Waals surface area contributed by atoms with Crippen LogP contribution < -0.4 is 0 Å². The molecule has 0 atom stereocenters. The molecule has 1 aliphatic rings. The second-order valence-corrected chi connectivity index (χ2v) is 4.72. The van der Waals surface area contributed by atoms with Gasteiger partial charge in [-0.25, -0.2) is 0 Å². The number of nitro groups is 1. The summed E-state index contributed by atoms with van der Waals surface area (Å²) in [5, 5.41) is 10.8. The Morgan fingerprint density at radius 2 is 2.06 bits per heavy atom. The number of hydrogen-bond donors (Lipinski definition) is 0. The van der Waals surface area contributed by atoms with Gasteiger partial charge >= 0.3 is 0 Å².